The zero-order valence-electron chi connectivity index (χ0n) is 41.8. The number of phosphoric ester groups is 2. The van der Waals surface area contributed by atoms with E-state index in [1.165, 1.54) is 77.0 Å². The summed E-state index contributed by atoms with van der Waals surface area (Å²) < 4.78 is 49.4. The van der Waals surface area contributed by atoms with E-state index in [9.17, 15) is 58.9 Å². The van der Waals surface area contributed by atoms with Crippen LogP contribution >= 0.6 is 15.6 Å². The zero-order chi connectivity index (χ0) is 51.9. The van der Waals surface area contributed by atoms with Crippen LogP contribution in [0.5, 0.6) is 0 Å². The molecule has 70 heavy (non-hydrogen) atoms. The minimum Gasteiger partial charge on any atom is -0.462 e. The second-order valence-corrected chi connectivity index (χ2v) is 20.3. The van der Waals surface area contributed by atoms with Gasteiger partial charge in [-0.2, -0.15) is 0 Å². The molecule has 0 aliphatic heterocycles. The van der Waals surface area contributed by atoms with Crippen LogP contribution in [-0.2, 0) is 41.8 Å². The molecular weight excluding hydrogens is 946 g/mol. The third-order valence-electron chi connectivity index (χ3n) is 11.4. The SMILES string of the molecule is CC/C=C\CC(O)/C=C/C=C/C/C=C\C/C=C\C/C=C\CCC(=O)OC[C@H](COP(=O)(O)O[C@H]1C(O)C(O)C(O)[C@@H](OP(=O)(O)O)C1O)OC(=O)CCCCCCCCCCCCCCCCCCC. The molecule has 0 spiro atoms. The highest BCUT2D eigenvalue weighted by atomic mass is 31.2. The van der Waals surface area contributed by atoms with Crippen molar-refractivity contribution in [2.45, 2.75) is 223 Å². The maximum absolute atomic E-state index is 13.0. The van der Waals surface area contributed by atoms with Gasteiger partial charge >= 0.3 is 27.6 Å². The van der Waals surface area contributed by atoms with E-state index in [2.05, 4.69) is 11.4 Å². The molecule has 0 aromatic heterocycles. The highest BCUT2D eigenvalue weighted by Gasteiger charge is 2.54. The molecule has 1 saturated carbocycles. The number of hydrogen-bond acceptors (Lipinski definition) is 14. The molecule has 0 aromatic carbocycles. The van der Waals surface area contributed by atoms with Crippen molar-refractivity contribution in [2.24, 2.45) is 0 Å². The molecule has 0 heterocycles. The summed E-state index contributed by atoms with van der Waals surface area (Å²) in [6, 6.07) is 0. The lowest BCUT2D eigenvalue weighted by atomic mass is 9.85. The third kappa shape index (κ3) is 34.7. The lowest BCUT2D eigenvalue weighted by Gasteiger charge is -2.43. The summed E-state index contributed by atoms with van der Waals surface area (Å²) in [5.41, 5.74) is 0. The number of rotatable bonds is 42. The van der Waals surface area contributed by atoms with Gasteiger partial charge in [0.05, 0.1) is 12.7 Å². The van der Waals surface area contributed by atoms with Gasteiger partial charge in [0.25, 0.3) is 0 Å². The molecule has 19 heteroatoms. The minimum atomic E-state index is -5.38. The maximum Gasteiger partial charge on any atom is 0.472 e. The minimum absolute atomic E-state index is 0.0207. The van der Waals surface area contributed by atoms with Crippen molar-refractivity contribution in [1.82, 2.24) is 0 Å². The Morgan fingerprint density at radius 1 is 0.543 bits per heavy atom. The van der Waals surface area contributed by atoms with Gasteiger partial charge in [0.15, 0.2) is 6.10 Å². The van der Waals surface area contributed by atoms with Gasteiger partial charge in [-0.05, 0) is 44.9 Å². The van der Waals surface area contributed by atoms with Gasteiger partial charge in [-0.1, -0.05) is 189 Å². The summed E-state index contributed by atoms with van der Waals surface area (Å²) >= 11 is 0. The fourth-order valence-corrected chi connectivity index (χ4v) is 8.97. The Morgan fingerprint density at radius 2 is 1.04 bits per heavy atom. The van der Waals surface area contributed by atoms with Crippen LogP contribution < -0.4 is 0 Å². The molecule has 0 saturated heterocycles. The van der Waals surface area contributed by atoms with Crippen LogP contribution in [0.25, 0.3) is 0 Å². The summed E-state index contributed by atoms with van der Waals surface area (Å²) in [6.45, 7) is 2.86. The Kier molecular flexibility index (Phi) is 38.2. The Balaban J connectivity index is 2.61. The fraction of sp³-hybridized carbons (Fsp3) is 0.725. The van der Waals surface area contributed by atoms with E-state index in [1.807, 2.05) is 73.8 Å². The average molecular weight is 1040 g/mol. The number of carbonyl (C=O) groups is 2. The lowest BCUT2D eigenvalue weighted by Crippen LogP contribution is -2.64. The van der Waals surface area contributed by atoms with Crippen molar-refractivity contribution in [3.63, 3.8) is 0 Å². The zero-order valence-corrected chi connectivity index (χ0v) is 43.6. The molecule has 0 aromatic rings. The second kappa shape index (κ2) is 40.8. The third-order valence-corrected chi connectivity index (χ3v) is 12.9. The van der Waals surface area contributed by atoms with E-state index in [4.69, 9.17) is 18.5 Å². The smallest absolute Gasteiger partial charge is 0.462 e. The normalized spacial score (nSPS) is 22.0. The van der Waals surface area contributed by atoms with E-state index >= 15 is 0 Å². The van der Waals surface area contributed by atoms with Crippen molar-refractivity contribution in [3.8, 4) is 0 Å². The number of carbonyl (C=O) groups excluding carboxylic acids is 2. The van der Waals surface area contributed by atoms with Crippen LogP contribution in [-0.4, -0.2) is 114 Å². The quantitative estimate of drug-likeness (QED) is 0.00929. The van der Waals surface area contributed by atoms with E-state index in [0.29, 0.717) is 25.7 Å². The van der Waals surface area contributed by atoms with Gasteiger partial charge in [-0.25, -0.2) is 9.13 Å². The van der Waals surface area contributed by atoms with Crippen LogP contribution in [0.2, 0.25) is 0 Å². The first-order valence-corrected chi connectivity index (χ1v) is 28.6. The number of ether oxygens (including phenoxy) is 2. The molecule has 9 atom stereocenters. The summed E-state index contributed by atoms with van der Waals surface area (Å²) in [6.07, 6.45) is 31.9. The Hall–Kier alpha value is -2.60. The molecular formula is C51H88O17P2. The lowest BCUT2D eigenvalue weighted by molar-refractivity contribution is -0.216. The number of allylic oxidation sites excluding steroid dienone is 10. The summed E-state index contributed by atoms with van der Waals surface area (Å²) in [5, 5.41) is 51.2. The van der Waals surface area contributed by atoms with Gasteiger partial charge in [-0.3, -0.25) is 23.2 Å². The Labute approximate surface area is 417 Å². The largest absolute Gasteiger partial charge is 0.472 e. The topological polar surface area (TPSA) is 276 Å². The second-order valence-electron chi connectivity index (χ2n) is 17.7. The molecule has 0 amide bonds. The van der Waals surface area contributed by atoms with E-state index in [1.54, 1.807) is 6.08 Å². The van der Waals surface area contributed by atoms with Crippen LogP contribution in [0.15, 0.2) is 72.9 Å². The number of unbranched alkanes of at least 4 members (excludes halogenated alkanes) is 16. The van der Waals surface area contributed by atoms with E-state index in [-0.39, 0.29) is 12.8 Å². The van der Waals surface area contributed by atoms with Crippen molar-refractivity contribution in [3.05, 3.63) is 72.9 Å². The number of aliphatic hydroxyl groups is 5. The Morgan fingerprint density at radius 3 is 1.57 bits per heavy atom. The molecule has 0 bridgehead atoms. The number of phosphoric acid groups is 2. The molecule has 6 unspecified atom stereocenters. The average Bonchev–Trinajstić information content (AvgIpc) is 3.31. The van der Waals surface area contributed by atoms with Gasteiger partial charge in [0.2, 0.25) is 0 Å². The highest BCUT2D eigenvalue weighted by molar-refractivity contribution is 7.47. The molecule has 0 radical (unpaired) electrons. The first kappa shape index (κ1) is 65.4. The van der Waals surface area contributed by atoms with Gasteiger partial charge in [0, 0.05) is 12.8 Å². The Bertz CT molecular complexity index is 1640. The highest BCUT2D eigenvalue weighted by Crippen LogP contribution is 2.49. The standard InChI is InChI=1S/C51H88O17P2/c1-3-5-7-8-9-10-11-12-13-14-15-18-22-25-28-31-35-39-45(54)66-43(41-65-70(62,63)68-51-48(57)46(55)47(56)50(49(51)58)67-69(59,60)61)40-64-44(53)38-34-30-27-24-21-19-16-17-20-23-26-29-33-37-42(52)36-32-6-4-2/h6,17,19-21,26-27,29-30,32-33,37,42-43,46-52,55-58H,3-5,7-16,18,22-25,28,31,34-36,38-41H2,1-2H3,(H,62,63)(H2,59,60,61)/b20-17-,21-19-,29-26+,30-27-,32-6-,37-33+/t42?,43-,46?,47?,48?,49?,50-,51+/m1/s1. The maximum atomic E-state index is 13.0. The predicted molar refractivity (Wildman–Crippen MR) is 270 cm³/mol. The van der Waals surface area contributed by atoms with Crippen molar-refractivity contribution in [1.29, 1.82) is 0 Å². The van der Waals surface area contributed by atoms with Crippen molar-refractivity contribution < 1.29 is 82.0 Å². The van der Waals surface area contributed by atoms with Gasteiger partial charge < -0.3 is 49.7 Å². The summed E-state index contributed by atoms with van der Waals surface area (Å²) in [7, 11) is -10.7. The van der Waals surface area contributed by atoms with Gasteiger partial charge in [-0.15, -0.1) is 0 Å². The van der Waals surface area contributed by atoms with E-state index in [0.717, 1.165) is 44.9 Å². The van der Waals surface area contributed by atoms with Crippen LogP contribution in [0, 0.1) is 0 Å². The summed E-state index contributed by atoms with van der Waals surface area (Å²) in [5.74, 6) is -1.32. The number of aliphatic hydroxyl groups excluding tert-OH is 5. The summed E-state index contributed by atoms with van der Waals surface area (Å²) in [4.78, 5) is 54.4. The first-order chi connectivity index (χ1) is 33.5. The van der Waals surface area contributed by atoms with E-state index < -0.39 is 89.6 Å². The molecule has 17 nitrogen and oxygen atoms in total. The van der Waals surface area contributed by atoms with Crippen molar-refractivity contribution >= 4 is 27.6 Å². The van der Waals surface area contributed by atoms with Crippen LogP contribution in [0.1, 0.15) is 174 Å². The monoisotopic (exact) mass is 1030 g/mol. The molecule has 1 fully saturated rings. The van der Waals surface area contributed by atoms with Gasteiger partial charge in [0.1, 0.15) is 43.2 Å². The van der Waals surface area contributed by atoms with Crippen molar-refractivity contribution in [2.75, 3.05) is 13.2 Å². The predicted octanol–water partition coefficient (Wildman–Crippen LogP) is 9.37. The van der Waals surface area contributed by atoms with Crippen LogP contribution in [0.4, 0.5) is 0 Å². The number of esters is 2. The molecule has 404 valence electrons. The first-order valence-electron chi connectivity index (χ1n) is 25.6. The fourth-order valence-electron chi connectivity index (χ4n) is 7.43. The molecule has 1 rings (SSSR count). The molecule has 1 aliphatic carbocycles. The molecule has 8 N–H and O–H groups in total. The molecule has 1 aliphatic rings. The van der Waals surface area contributed by atoms with Crippen LogP contribution in [0.3, 0.4) is 0 Å². The number of hydrogen-bond donors (Lipinski definition) is 8.